The van der Waals surface area contributed by atoms with Gasteiger partial charge in [-0.05, 0) is 39.4 Å². The van der Waals surface area contributed by atoms with Gasteiger partial charge in [-0.2, -0.15) is 0 Å². The molecule has 3 heteroatoms. The van der Waals surface area contributed by atoms with Crippen LogP contribution in [0.15, 0.2) is 24.5 Å². The summed E-state index contributed by atoms with van der Waals surface area (Å²) in [5.74, 6) is 0.280. The fraction of sp³-hybridized carbons (Fsp3) is 0.625. The van der Waals surface area contributed by atoms with Crippen LogP contribution < -0.4 is 4.57 Å². The molecule has 0 bridgehead atoms. The van der Waals surface area contributed by atoms with Gasteiger partial charge in [0.05, 0.1) is 0 Å². The third kappa shape index (κ3) is 4.43. The van der Waals surface area contributed by atoms with Gasteiger partial charge in [0.15, 0.2) is 12.4 Å². The summed E-state index contributed by atoms with van der Waals surface area (Å²) >= 11 is 0. The van der Waals surface area contributed by atoms with Crippen LogP contribution in [0, 0.1) is 0 Å². The summed E-state index contributed by atoms with van der Waals surface area (Å²) in [6.07, 6.45) is 8.50. The molecule has 1 aromatic heterocycles. The Morgan fingerprint density at radius 1 is 1.53 bits per heavy atom. The van der Waals surface area contributed by atoms with Gasteiger partial charge in [0.1, 0.15) is 12.3 Å². The molecule has 1 fully saturated rings. The zero-order chi connectivity index (χ0) is 13.0. The molecule has 0 aliphatic carbocycles. The zero-order valence-corrected chi connectivity index (χ0v) is 11.4. The van der Waals surface area contributed by atoms with Crippen molar-refractivity contribution in [1.82, 2.24) is 4.90 Å². The topological polar surface area (TPSA) is 24.2 Å². The minimum atomic E-state index is 0. The van der Waals surface area contributed by atoms with Gasteiger partial charge < -0.3 is 4.79 Å². The molecular formula is C16H27N2O+. The Labute approximate surface area is 117 Å². The number of rotatable bonds is 5. The van der Waals surface area contributed by atoms with Gasteiger partial charge in [0.2, 0.25) is 0 Å². The Balaban J connectivity index is 0.00000180. The van der Waals surface area contributed by atoms with E-state index in [-0.39, 0.29) is 13.2 Å². The molecule has 19 heavy (non-hydrogen) atoms. The second-order valence-electron chi connectivity index (χ2n) is 5.32. The van der Waals surface area contributed by atoms with E-state index < -0.39 is 0 Å². The fourth-order valence-corrected chi connectivity index (χ4v) is 2.72. The lowest BCUT2D eigenvalue weighted by Crippen LogP contribution is -2.34. The van der Waals surface area contributed by atoms with Gasteiger partial charge in [-0.3, -0.25) is 4.90 Å². The van der Waals surface area contributed by atoms with Crippen molar-refractivity contribution in [2.24, 2.45) is 0 Å². The summed E-state index contributed by atoms with van der Waals surface area (Å²) < 4.78 is 2.21. The maximum atomic E-state index is 10.9. The van der Waals surface area contributed by atoms with E-state index in [0.717, 1.165) is 13.0 Å². The molecule has 0 aromatic carbocycles. The van der Waals surface area contributed by atoms with Crippen molar-refractivity contribution in [3.8, 4) is 0 Å². The molecule has 1 aromatic rings. The number of likely N-dealkylation sites (tertiary alicyclic amines) is 1. The van der Waals surface area contributed by atoms with Crippen LogP contribution in [-0.2, 0) is 11.3 Å². The molecule has 1 aliphatic rings. The van der Waals surface area contributed by atoms with E-state index in [1.54, 1.807) is 6.92 Å². The van der Waals surface area contributed by atoms with Crippen molar-refractivity contribution in [3.63, 3.8) is 0 Å². The SMILES string of the molecule is C.CC(=O)CCC[n+]1cccc([C@@H]2CCCN2C)c1. The number of aryl methyl sites for hydroxylation is 1. The third-order valence-corrected chi connectivity index (χ3v) is 3.73. The van der Waals surface area contributed by atoms with Crippen molar-refractivity contribution < 1.29 is 9.36 Å². The molecular weight excluding hydrogens is 236 g/mol. The van der Waals surface area contributed by atoms with Crippen LogP contribution in [-0.4, -0.2) is 24.3 Å². The lowest BCUT2D eigenvalue weighted by atomic mass is 10.1. The largest absolute Gasteiger partial charge is 0.300 e. The standard InChI is InChI=1S/C15H23N2O.CH4/c1-13(18)6-3-10-17-11-4-7-14(12-17)15-8-5-9-16(15)2;/h4,7,11-12,15H,3,5-6,8-10H2,1-2H3;1H4/q+1;/t15-;/m0./s1. The molecule has 1 aliphatic heterocycles. The van der Waals surface area contributed by atoms with Gasteiger partial charge in [-0.1, -0.05) is 7.43 Å². The maximum Gasteiger partial charge on any atom is 0.173 e. The molecule has 2 rings (SSSR count). The average molecular weight is 263 g/mol. The van der Waals surface area contributed by atoms with Gasteiger partial charge in [0.25, 0.3) is 0 Å². The van der Waals surface area contributed by atoms with Crippen LogP contribution in [0.4, 0.5) is 0 Å². The highest BCUT2D eigenvalue weighted by molar-refractivity contribution is 5.75. The predicted molar refractivity (Wildman–Crippen MR) is 77.9 cm³/mol. The summed E-state index contributed by atoms with van der Waals surface area (Å²) in [4.78, 5) is 13.4. The van der Waals surface area contributed by atoms with E-state index in [0.29, 0.717) is 12.5 Å². The van der Waals surface area contributed by atoms with E-state index >= 15 is 0 Å². The average Bonchev–Trinajstić information content (AvgIpc) is 2.75. The predicted octanol–water partition coefficient (Wildman–Crippen LogP) is 2.75. The van der Waals surface area contributed by atoms with E-state index in [2.05, 4.69) is 41.0 Å². The highest BCUT2D eigenvalue weighted by Gasteiger charge is 2.24. The number of nitrogens with zero attached hydrogens (tertiary/aromatic N) is 2. The van der Waals surface area contributed by atoms with Crippen LogP contribution in [0.5, 0.6) is 0 Å². The Kier molecular flexibility index (Phi) is 6.16. The first-order chi connectivity index (χ1) is 8.66. The van der Waals surface area contributed by atoms with Gasteiger partial charge in [-0.15, -0.1) is 0 Å². The summed E-state index contributed by atoms with van der Waals surface area (Å²) in [6.45, 7) is 3.79. The van der Waals surface area contributed by atoms with E-state index in [1.807, 2.05) is 0 Å². The first-order valence-corrected chi connectivity index (χ1v) is 6.85. The summed E-state index contributed by atoms with van der Waals surface area (Å²) in [7, 11) is 2.20. The van der Waals surface area contributed by atoms with Crippen LogP contribution in [0.1, 0.15) is 51.6 Å². The zero-order valence-electron chi connectivity index (χ0n) is 11.4. The van der Waals surface area contributed by atoms with Crippen molar-refractivity contribution in [2.75, 3.05) is 13.6 Å². The number of carbonyl (C=O) groups is 1. The van der Waals surface area contributed by atoms with E-state index in [1.165, 1.54) is 24.9 Å². The monoisotopic (exact) mass is 263 g/mol. The van der Waals surface area contributed by atoms with Crippen molar-refractivity contribution in [3.05, 3.63) is 30.1 Å². The molecule has 0 radical (unpaired) electrons. The molecule has 1 saturated heterocycles. The number of aromatic nitrogens is 1. The van der Waals surface area contributed by atoms with E-state index in [4.69, 9.17) is 0 Å². The minimum absolute atomic E-state index is 0. The van der Waals surface area contributed by atoms with Gasteiger partial charge >= 0.3 is 0 Å². The molecule has 0 N–H and O–H groups in total. The molecule has 0 saturated carbocycles. The van der Waals surface area contributed by atoms with Crippen LogP contribution in [0.2, 0.25) is 0 Å². The molecule has 2 heterocycles. The lowest BCUT2D eigenvalue weighted by Gasteiger charge is -2.18. The maximum absolute atomic E-state index is 10.9. The minimum Gasteiger partial charge on any atom is -0.300 e. The molecule has 0 amide bonds. The quantitative estimate of drug-likeness (QED) is 0.763. The Bertz CT molecular complexity index is 417. The normalized spacial score (nSPS) is 19.2. The Hall–Kier alpha value is -1.22. The van der Waals surface area contributed by atoms with Crippen LogP contribution in [0.25, 0.3) is 0 Å². The fourth-order valence-electron chi connectivity index (χ4n) is 2.72. The Morgan fingerprint density at radius 3 is 2.95 bits per heavy atom. The number of pyridine rings is 1. The summed E-state index contributed by atoms with van der Waals surface area (Å²) in [5, 5.41) is 0. The first-order valence-electron chi connectivity index (χ1n) is 6.85. The molecule has 106 valence electrons. The summed E-state index contributed by atoms with van der Waals surface area (Å²) in [6, 6.07) is 4.91. The van der Waals surface area contributed by atoms with Crippen molar-refractivity contribution in [2.45, 2.75) is 52.6 Å². The highest BCUT2D eigenvalue weighted by atomic mass is 16.1. The number of hydrogen-bond acceptors (Lipinski definition) is 2. The third-order valence-electron chi connectivity index (χ3n) is 3.73. The smallest absolute Gasteiger partial charge is 0.173 e. The van der Waals surface area contributed by atoms with Crippen molar-refractivity contribution >= 4 is 5.78 Å². The lowest BCUT2D eigenvalue weighted by molar-refractivity contribution is -0.697. The van der Waals surface area contributed by atoms with Crippen molar-refractivity contribution in [1.29, 1.82) is 0 Å². The first kappa shape index (κ1) is 15.8. The Morgan fingerprint density at radius 2 is 2.32 bits per heavy atom. The molecule has 0 spiro atoms. The molecule has 1 atom stereocenters. The van der Waals surface area contributed by atoms with Gasteiger partial charge in [0, 0.05) is 30.5 Å². The molecule has 3 nitrogen and oxygen atoms in total. The number of hydrogen-bond donors (Lipinski definition) is 0. The van der Waals surface area contributed by atoms with Gasteiger partial charge in [-0.25, -0.2) is 4.57 Å². The number of ketones is 1. The number of carbonyl (C=O) groups excluding carboxylic acids is 1. The second-order valence-corrected chi connectivity index (χ2v) is 5.32. The highest BCUT2D eigenvalue weighted by Crippen LogP contribution is 2.29. The van der Waals surface area contributed by atoms with E-state index in [9.17, 15) is 4.79 Å². The summed E-state index contributed by atoms with van der Waals surface area (Å²) in [5.41, 5.74) is 1.40. The molecule has 0 unspecified atom stereocenters. The van der Waals surface area contributed by atoms with Crippen LogP contribution >= 0.6 is 0 Å². The second kappa shape index (κ2) is 7.39. The number of Topliss-reactive ketones (excluding diaryl/α,β-unsaturated/α-hetero) is 1. The van der Waals surface area contributed by atoms with Crippen LogP contribution in [0.3, 0.4) is 0 Å².